The Morgan fingerprint density at radius 1 is 1.05 bits per heavy atom. The number of nitrogens with zero attached hydrogens (tertiary/aromatic N) is 1. The van der Waals surface area contributed by atoms with Crippen LogP contribution in [0.1, 0.15) is 18.5 Å². The van der Waals surface area contributed by atoms with E-state index in [4.69, 9.17) is 4.74 Å². The summed E-state index contributed by atoms with van der Waals surface area (Å²) in [5.74, 6) is -0.144. The van der Waals surface area contributed by atoms with Crippen molar-refractivity contribution in [3.8, 4) is 11.1 Å². The Bertz CT molecular complexity index is 621. The van der Waals surface area contributed by atoms with Crippen LogP contribution in [0.3, 0.4) is 0 Å². The molecular weight excluding hydrogens is 262 g/mol. The van der Waals surface area contributed by atoms with Gasteiger partial charge in [0.05, 0.1) is 13.2 Å². The molecule has 3 atom stereocenters. The number of hydrogen-bond acceptors (Lipinski definition) is 3. The predicted octanol–water partition coefficient (Wildman–Crippen LogP) is 3.27. The minimum atomic E-state index is -0.144. The lowest BCUT2D eigenvalue weighted by molar-refractivity contribution is -0.140. The molecule has 2 aromatic rings. The van der Waals surface area contributed by atoms with E-state index in [9.17, 15) is 4.79 Å². The van der Waals surface area contributed by atoms with Gasteiger partial charge in [0.25, 0.3) is 0 Å². The fourth-order valence-corrected chi connectivity index (χ4v) is 2.93. The lowest BCUT2D eigenvalue weighted by Crippen LogP contribution is -2.14. The average Bonchev–Trinajstić information content (AvgIpc) is 3.29. The maximum atomic E-state index is 11.8. The molecule has 1 unspecified atom stereocenters. The highest BCUT2D eigenvalue weighted by Crippen LogP contribution is 2.43. The van der Waals surface area contributed by atoms with Gasteiger partial charge < -0.3 is 4.74 Å². The number of benzene rings is 2. The average molecular weight is 281 g/mol. The number of ether oxygens (including phenoxy) is 1. The zero-order chi connectivity index (χ0) is 14.8. The maximum Gasteiger partial charge on any atom is 0.325 e. The Labute approximate surface area is 125 Å². The lowest BCUT2D eigenvalue weighted by atomic mass is 10.0. The molecule has 1 heterocycles. The molecule has 2 aromatic carbocycles. The molecule has 0 saturated carbocycles. The lowest BCUT2D eigenvalue weighted by Gasteiger charge is -2.04. The van der Waals surface area contributed by atoms with Crippen molar-refractivity contribution in [3.05, 3.63) is 60.2 Å². The highest BCUT2D eigenvalue weighted by atomic mass is 16.5. The van der Waals surface area contributed by atoms with E-state index < -0.39 is 0 Å². The first-order valence-electron chi connectivity index (χ1n) is 7.25. The van der Waals surface area contributed by atoms with Crippen LogP contribution in [0.5, 0.6) is 0 Å². The van der Waals surface area contributed by atoms with Gasteiger partial charge in [0, 0.05) is 0 Å². The smallest absolute Gasteiger partial charge is 0.325 e. The molecule has 0 amide bonds. The summed E-state index contributed by atoms with van der Waals surface area (Å²) in [6.07, 6.45) is 0. The zero-order valence-electron chi connectivity index (χ0n) is 12.3. The molecule has 0 radical (unpaired) electrons. The highest BCUT2D eigenvalue weighted by molar-refractivity contribution is 5.80. The summed E-state index contributed by atoms with van der Waals surface area (Å²) in [5.41, 5.74) is 3.57. The SMILES string of the molecule is CCN1[C@@H](C(=O)OC)[C@@H]1c1ccc(-c2ccccc2)cc1. The monoisotopic (exact) mass is 281 g/mol. The molecule has 3 rings (SSSR count). The Morgan fingerprint density at radius 3 is 2.24 bits per heavy atom. The highest BCUT2D eigenvalue weighted by Gasteiger charge is 2.52. The first kappa shape index (κ1) is 13.8. The zero-order valence-corrected chi connectivity index (χ0v) is 12.3. The third-order valence-electron chi connectivity index (χ3n) is 4.09. The first-order valence-corrected chi connectivity index (χ1v) is 7.25. The van der Waals surface area contributed by atoms with Crippen LogP contribution in [0.2, 0.25) is 0 Å². The van der Waals surface area contributed by atoms with E-state index in [1.165, 1.54) is 23.8 Å². The van der Waals surface area contributed by atoms with E-state index in [0.717, 1.165) is 6.54 Å². The minimum absolute atomic E-state index is 0.123. The van der Waals surface area contributed by atoms with Crippen LogP contribution in [0, 0.1) is 0 Å². The van der Waals surface area contributed by atoms with Gasteiger partial charge >= 0.3 is 5.97 Å². The molecule has 3 nitrogen and oxygen atoms in total. The molecule has 3 heteroatoms. The van der Waals surface area contributed by atoms with Crippen molar-refractivity contribution in [1.29, 1.82) is 0 Å². The topological polar surface area (TPSA) is 29.3 Å². The fraction of sp³-hybridized carbons (Fsp3) is 0.278. The third kappa shape index (κ3) is 2.57. The van der Waals surface area contributed by atoms with Gasteiger partial charge in [-0.3, -0.25) is 9.69 Å². The van der Waals surface area contributed by atoms with Crippen molar-refractivity contribution >= 4 is 5.97 Å². The standard InChI is InChI=1S/C18H19NO2/c1-3-19-16(17(19)18(20)21-2)15-11-9-14(10-12-15)13-7-5-4-6-8-13/h4-12,16-17H,3H2,1-2H3/t16-,17+,19?/m0/s1. The van der Waals surface area contributed by atoms with Gasteiger partial charge in [-0.1, -0.05) is 61.5 Å². The Kier molecular flexibility index (Phi) is 3.76. The fourth-order valence-electron chi connectivity index (χ4n) is 2.93. The van der Waals surface area contributed by atoms with Crippen molar-refractivity contribution in [3.63, 3.8) is 0 Å². The first-order chi connectivity index (χ1) is 10.3. The largest absolute Gasteiger partial charge is 0.468 e. The Balaban J connectivity index is 1.81. The summed E-state index contributed by atoms with van der Waals surface area (Å²) >= 11 is 0. The van der Waals surface area contributed by atoms with Crippen molar-refractivity contribution < 1.29 is 9.53 Å². The number of carbonyl (C=O) groups is 1. The second-order valence-corrected chi connectivity index (χ2v) is 5.23. The van der Waals surface area contributed by atoms with E-state index >= 15 is 0 Å². The van der Waals surface area contributed by atoms with Crippen LogP contribution < -0.4 is 0 Å². The van der Waals surface area contributed by atoms with Crippen LogP contribution in [0.15, 0.2) is 54.6 Å². The van der Waals surface area contributed by atoms with Crippen molar-refractivity contribution in [2.45, 2.75) is 19.0 Å². The van der Waals surface area contributed by atoms with Gasteiger partial charge in [0.2, 0.25) is 0 Å². The Morgan fingerprint density at radius 2 is 1.67 bits per heavy atom. The van der Waals surface area contributed by atoms with Gasteiger partial charge in [-0.25, -0.2) is 0 Å². The molecule has 0 spiro atoms. The van der Waals surface area contributed by atoms with E-state index in [0.29, 0.717) is 0 Å². The molecule has 108 valence electrons. The van der Waals surface area contributed by atoms with Crippen LogP contribution in [-0.4, -0.2) is 30.6 Å². The van der Waals surface area contributed by atoms with E-state index in [1.54, 1.807) is 0 Å². The van der Waals surface area contributed by atoms with Crippen molar-refractivity contribution in [1.82, 2.24) is 4.90 Å². The number of rotatable bonds is 4. The summed E-state index contributed by atoms with van der Waals surface area (Å²) in [6.45, 7) is 2.92. The number of hydrogen-bond donors (Lipinski definition) is 0. The normalized spacial score (nSPS) is 23.6. The molecule has 0 N–H and O–H groups in total. The van der Waals surface area contributed by atoms with E-state index in [1.807, 2.05) is 18.2 Å². The molecule has 0 aromatic heterocycles. The van der Waals surface area contributed by atoms with Gasteiger partial charge in [-0.05, 0) is 23.2 Å². The van der Waals surface area contributed by atoms with E-state index in [2.05, 4.69) is 48.2 Å². The molecule has 1 fully saturated rings. The van der Waals surface area contributed by atoms with Gasteiger partial charge in [0.15, 0.2) is 0 Å². The maximum absolute atomic E-state index is 11.8. The summed E-state index contributed by atoms with van der Waals surface area (Å²) in [4.78, 5) is 13.9. The molecule has 1 aliphatic rings. The summed E-state index contributed by atoms with van der Waals surface area (Å²) in [6, 6.07) is 18.8. The summed E-state index contributed by atoms with van der Waals surface area (Å²) in [5, 5.41) is 0. The molecular formula is C18H19NO2. The minimum Gasteiger partial charge on any atom is -0.468 e. The molecule has 1 saturated heterocycles. The van der Waals surface area contributed by atoms with Crippen LogP contribution in [0.25, 0.3) is 11.1 Å². The van der Waals surface area contributed by atoms with Crippen molar-refractivity contribution in [2.24, 2.45) is 0 Å². The van der Waals surface area contributed by atoms with Crippen LogP contribution >= 0.6 is 0 Å². The van der Waals surface area contributed by atoms with Crippen molar-refractivity contribution in [2.75, 3.05) is 13.7 Å². The Hall–Kier alpha value is -2.13. The number of esters is 1. The number of likely N-dealkylation sites (N-methyl/N-ethyl adjacent to an activating group) is 1. The van der Waals surface area contributed by atoms with Gasteiger partial charge in [-0.2, -0.15) is 0 Å². The molecule has 1 aliphatic heterocycles. The summed E-state index contributed by atoms with van der Waals surface area (Å²) < 4.78 is 4.87. The number of methoxy groups -OCH3 is 1. The molecule has 21 heavy (non-hydrogen) atoms. The predicted molar refractivity (Wildman–Crippen MR) is 82.8 cm³/mol. The van der Waals surface area contributed by atoms with E-state index in [-0.39, 0.29) is 18.1 Å². The number of carbonyl (C=O) groups excluding carboxylic acids is 1. The van der Waals surface area contributed by atoms with Crippen LogP contribution in [0.4, 0.5) is 0 Å². The second-order valence-electron chi connectivity index (χ2n) is 5.23. The van der Waals surface area contributed by atoms with Crippen LogP contribution in [-0.2, 0) is 9.53 Å². The third-order valence-corrected chi connectivity index (χ3v) is 4.09. The van der Waals surface area contributed by atoms with Gasteiger partial charge in [0.1, 0.15) is 6.04 Å². The van der Waals surface area contributed by atoms with Gasteiger partial charge in [-0.15, -0.1) is 0 Å². The summed E-state index contributed by atoms with van der Waals surface area (Å²) in [7, 11) is 1.45. The molecule has 0 aliphatic carbocycles. The molecule has 0 bridgehead atoms. The quantitative estimate of drug-likeness (QED) is 0.636. The second kappa shape index (κ2) is 5.70.